The molecular weight excluding hydrogens is 336 g/mol. The second-order valence-corrected chi connectivity index (χ2v) is 6.16. The smallest absolute Gasteiger partial charge is 0.343 e. The molecule has 130 valence electrons. The van der Waals surface area contributed by atoms with Gasteiger partial charge in [0.25, 0.3) is 0 Å². The molecule has 0 radical (unpaired) electrons. The number of ether oxygens (including phenoxy) is 1. The van der Waals surface area contributed by atoms with E-state index in [4.69, 9.17) is 4.74 Å². The molecule has 4 aromatic rings. The third-order valence-corrected chi connectivity index (χ3v) is 4.46. The number of rotatable bonds is 4. The topological polar surface area (TPSA) is 43.4 Å². The predicted octanol–water partition coefficient (Wildman–Crippen LogP) is 5.54. The lowest BCUT2D eigenvalue weighted by atomic mass is 10.0. The molecule has 0 saturated carbocycles. The second kappa shape index (κ2) is 7.26. The van der Waals surface area contributed by atoms with Crippen LogP contribution in [0.2, 0.25) is 0 Å². The van der Waals surface area contributed by atoms with Crippen molar-refractivity contribution in [2.45, 2.75) is 0 Å². The molecule has 4 aromatic carbocycles. The Morgan fingerprint density at radius 2 is 1.37 bits per heavy atom. The third kappa shape index (κ3) is 3.35. The van der Waals surface area contributed by atoms with Crippen LogP contribution in [0.5, 0.6) is 5.75 Å². The van der Waals surface area contributed by atoms with E-state index < -0.39 is 5.97 Å². The summed E-state index contributed by atoms with van der Waals surface area (Å²) in [6, 6.07) is 28.2. The lowest BCUT2D eigenvalue weighted by Crippen LogP contribution is -2.10. The summed E-state index contributed by atoms with van der Waals surface area (Å²) in [7, 11) is 0. The van der Waals surface area contributed by atoms with Crippen LogP contribution in [0.1, 0.15) is 20.7 Å². The molecule has 0 aliphatic carbocycles. The van der Waals surface area contributed by atoms with Crippen molar-refractivity contribution in [2.75, 3.05) is 0 Å². The van der Waals surface area contributed by atoms with E-state index in [0.29, 0.717) is 23.2 Å². The highest BCUT2D eigenvalue weighted by Crippen LogP contribution is 2.30. The molecule has 3 nitrogen and oxygen atoms in total. The van der Waals surface area contributed by atoms with E-state index in [9.17, 15) is 9.59 Å². The van der Waals surface area contributed by atoms with Gasteiger partial charge in [-0.15, -0.1) is 0 Å². The van der Waals surface area contributed by atoms with Crippen molar-refractivity contribution in [3.05, 3.63) is 102 Å². The molecule has 0 aliphatic rings. The molecule has 0 saturated heterocycles. The molecule has 0 bridgehead atoms. The maximum atomic E-state index is 12.6. The zero-order valence-electron chi connectivity index (χ0n) is 14.5. The Kier molecular flexibility index (Phi) is 4.50. The average molecular weight is 352 g/mol. The van der Waals surface area contributed by atoms with Crippen LogP contribution in [0.15, 0.2) is 91.0 Å². The molecule has 0 atom stereocenters. The Morgan fingerprint density at radius 1 is 0.704 bits per heavy atom. The first-order valence-corrected chi connectivity index (χ1v) is 8.61. The summed E-state index contributed by atoms with van der Waals surface area (Å²) in [5.74, 6) is -0.200. The highest BCUT2D eigenvalue weighted by molar-refractivity contribution is 6.00. The average Bonchev–Trinajstić information content (AvgIpc) is 2.74. The van der Waals surface area contributed by atoms with E-state index in [2.05, 4.69) is 0 Å². The second-order valence-electron chi connectivity index (χ2n) is 6.16. The van der Waals surface area contributed by atoms with Crippen molar-refractivity contribution < 1.29 is 14.3 Å². The first kappa shape index (κ1) is 16.7. The van der Waals surface area contributed by atoms with E-state index in [1.54, 1.807) is 18.2 Å². The summed E-state index contributed by atoms with van der Waals surface area (Å²) < 4.78 is 5.61. The van der Waals surface area contributed by atoms with Gasteiger partial charge in [-0.25, -0.2) is 4.79 Å². The van der Waals surface area contributed by atoms with E-state index in [-0.39, 0.29) is 0 Å². The summed E-state index contributed by atoms with van der Waals surface area (Å²) in [6.45, 7) is 0. The fourth-order valence-corrected chi connectivity index (χ4v) is 3.05. The van der Waals surface area contributed by atoms with Gasteiger partial charge in [0.15, 0.2) is 6.29 Å². The Hall–Kier alpha value is -3.72. The van der Waals surface area contributed by atoms with E-state index in [1.807, 2.05) is 72.8 Å². The largest absolute Gasteiger partial charge is 0.421 e. The van der Waals surface area contributed by atoms with Gasteiger partial charge in [0.2, 0.25) is 0 Å². The van der Waals surface area contributed by atoms with Crippen LogP contribution in [0.25, 0.3) is 21.9 Å². The molecule has 0 unspecified atom stereocenters. The number of benzene rings is 4. The first-order chi connectivity index (χ1) is 13.3. The summed E-state index contributed by atoms with van der Waals surface area (Å²) in [4.78, 5) is 24.0. The number of carbonyl (C=O) groups is 2. The number of esters is 1. The van der Waals surface area contributed by atoms with Crippen LogP contribution in [0, 0.1) is 0 Å². The summed E-state index contributed by atoms with van der Waals surface area (Å²) >= 11 is 0. The zero-order valence-corrected chi connectivity index (χ0v) is 14.5. The summed E-state index contributed by atoms with van der Waals surface area (Å²) in [6.07, 6.45) is 0.702. The first-order valence-electron chi connectivity index (χ1n) is 8.61. The lowest BCUT2D eigenvalue weighted by Gasteiger charge is -2.10. The summed E-state index contributed by atoms with van der Waals surface area (Å²) in [5, 5.41) is 1.64. The maximum absolute atomic E-state index is 12.6. The van der Waals surface area contributed by atoms with Crippen molar-refractivity contribution in [3.8, 4) is 16.9 Å². The fraction of sp³-hybridized carbons (Fsp3) is 0. The Labute approximate surface area is 156 Å². The van der Waals surface area contributed by atoms with Crippen LogP contribution in [0.4, 0.5) is 0 Å². The lowest BCUT2D eigenvalue weighted by molar-refractivity contribution is 0.0736. The quantitative estimate of drug-likeness (QED) is 0.275. The molecule has 0 aromatic heterocycles. The molecule has 0 aliphatic heterocycles. The predicted molar refractivity (Wildman–Crippen MR) is 106 cm³/mol. The van der Waals surface area contributed by atoms with Gasteiger partial charge in [-0.3, -0.25) is 4.79 Å². The van der Waals surface area contributed by atoms with Crippen LogP contribution < -0.4 is 4.74 Å². The SMILES string of the molecule is O=Cc1ccc2ccccc2c1OC(=O)c1ccc(-c2ccccc2)cc1. The van der Waals surface area contributed by atoms with Gasteiger partial charge in [-0.1, -0.05) is 72.8 Å². The van der Waals surface area contributed by atoms with Crippen molar-refractivity contribution in [2.24, 2.45) is 0 Å². The molecule has 3 heteroatoms. The zero-order chi connectivity index (χ0) is 18.6. The number of aldehydes is 1. The van der Waals surface area contributed by atoms with Crippen LogP contribution >= 0.6 is 0 Å². The fourth-order valence-electron chi connectivity index (χ4n) is 3.05. The maximum Gasteiger partial charge on any atom is 0.343 e. The molecule has 27 heavy (non-hydrogen) atoms. The van der Waals surface area contributed by atoms with Gasteiger partial charge in [-0.05, 0) is 34.7 Å². The Morgan fingerprint density at radius 3 is 2.11 bits per heavy atom. The highest BCUT2D eigenvalue weighted by Gasteiger charge is 2.15. The molecule has 0 amide bonds. The number of carbonyl (C=O) groups excluding carboxylic acids is 2. The van der Waals surface area contributed by atoms with E-state index in [0.717, 1.165) is 21.9 Å². The number of fused-ring (bicyclic) bond motifs is 1. The molecule has 4 rings (SSSR count). The van der Waals surface area contributed by atoms with Crippen molar-refractivity contribution in [3.63, 3.8) is 0 Å². The van der Waals surface area contributed by atoms with E-state index in [1.165, 1.54) is 0 Å². The van der Waals surface area contributed by atoms with Gasteiger partial charge in [0, 0.05) is 5.39 Å². The molecule has 0 fully saturated rings. The Balaban J connectivity index is 1.65. The standard InChI is InChI=1S/C24H16O3/c25-16-21-15-12-19-8-4-5-9-22(19)23(21)27-24(26)20-13-10-18(11-14-20)17-6-2-1-3-7-17/h1-16H. The van der Waals surface area contributed by atoms with Gasteiger partial charge in [0.05, 0.1) is 11.1 Å². The third-order valence-electron chi connectivity index (χ3n) is 4.46. The van der Waals surface area contributed by atoms with Crippen molar-refractivity contribution in [1.29, 1.82) is 0 Å². The molecule has 0 spiro atoms. The minimum atomic E-state index is -0.492. The molecular formula is C24H16O3. The number of hydrogen-bond acceptors (Lipinski definition) is 3. The highest BCUT2D eigenvalue weighted by atomic mass is 16.5. The summed E-state index contributed by atoms with van der Waals surface area (Å²) in [5.41, 5.74) is 2.88. The van der Waals surface area contributed by atoms with E-state index >= 15 is 0 Å². The minimum absolute atomic E-state index is 0.292. The van der Waals surface area contributed by atoms with Gasteiger partial charge < -0.3 is 4.74 Å². The van der Waals surface area contributed by atoms with Crippen molar-refractivity contribution >= 4 is 23.0 Å². The molecule has 0 heterocycles. The van der Waals surface area contributed by atoms with Crippen molar-refractivity contribution in [1.82, 2.24) is 0 Å². The minimum Gasteiger partial charge on any atom is -0.421 e. The van der Waals surface area contributed by atoms with Crippen LogP contribution in [-0.4, -0.2) is 12.3 Å². The Bertz CT molecular complexity index is 1110. The normalized spacial score (nSPS) is 10.5. The monoisotopic (exact) mass is 352 g/mol. The molecule has 0 N–H and O–H groups in total. The number of hydrogen-bond donors (Lipinski definition) is 0. The van der Waals surface area contributed by atoms with Gasteiger partial charge in [0.1, 0.15) is 5.75 Å². The van der Waals surface area contributed by atoms with Crippen LogP contribution in [0.3, 0.4) is 0 Å². The van der Waals surface area contributed by atoms with Gasteiger partial charge in [-0.2, -0.15) is 0 Å². The van der Waals surface area contributed by atoms with Gasteiger partial charge >= 0.3 is 5.97 Å². The van der Waals surface area contributed by atoms with Crippen LogP contribution in [-0.2, 0) is 0 Å².